The van der Waals surface area contributed by atoms with Gasteiger partial charge in [-0.15, -0.1) is 0 Å². The van der Waals surface area contributed by atoms with E-state index in [2.05, 4.69) is 0 Å². The molecule has 0 saturated heterocycles. The number of hydrogen-bond acceptors (Lipinski definition) is 2. The molecule has 0 aliphatic heterocycles. The highest BCUT2D eigenvalue weighted by Crippen LogP contribution is 2.34. The Morgan fingerprint density at radius 3 is 1.71 bits per heavy atom. The van der Waals surface area contributed by atoms with E-state index in [-0.39, 0.29) is 5.56 Å². The lowest BCUT2D eigenvalue weighted by molar-refractivity contribution is -0.157. The molecule has 1 rings (SSSR count). The normalized spacial score (nSPS) is 14.8. The first-order valence-electron chi connectivity index (χ1n) is 4.36. The topological polar surface area (TPSA) is 38.0 Å². The van der Waals surface area contributed by atoms with E-state index in [4.69, 9.17) is 5.84 Å². The Kier molecular flexibility index (Phi) is 3.68. The number of hydrogen-bond donors (Lipinski definition) is 2. The van der Waals surface area contributed by atoms with Crippen LogP contribution in [0, 0.1) is 0 Å². The van der Waals surface area contributed by atoms with Crippen LogP contribution in [-0.2, 0) is 6.18 Å². The zero-order valence-electron chi connectivity index (χ0n) is 8.23. The fourth-order valence-electron chi connectivity index (χ4n) is 1.24. The highest BCUT2D eigenvalue weighted by Gasteiger charge is 2.40. The minimum Gasteiger partial charge on any atom is -0.271 e. The average molecular weight is 258 g/mol. The molecular formula is C9H8F6N2. The Morgan fingerprint density at radius 2 is 1.41 bits per heavy atom. The third-order valence-electron chi connectivity index (χ3n) is 2.07. The van der Waals surface area contributed by atoms with Gasteiger partial charge in [0.1, 0.15) is 6.04 Å². The van der Waals surface area contributed by atoms with Crippen molar-refractivity contribution in [2.45, 2.75) is 18.4 Å². The highest BCUT2D eigenvalue weighted by molar-refractivity contribution is 5.27. The number of nitrogens with one attached hydrogen (secondary N) is 1. The van der Waals surface area contributed by atoms with Crippen LogP contribution >= 0.6 is 0 Å². The number of rotatable bonds is 2. The summed E-state index contributed by atoms with van der Waals surface area (Å²) in [6.07, 6.45) is -9.25. The standard InChI is InChI=1S/C9H8F6N2/c10-8(11,12)6-3-1-5(2-4-6)7(17-16)9(13,14)15/h1-4,7,17H,16H2/t7-/m0/s1. The summed E-state index contributed by atoms with van der Waals surface area (Å²) < 4.78 is 73.6. The lowest BCUT2D eigenvalue weighted by Crippen LogP contribution is -2.38. The molecule has 3 N–H and O–H groups in total. The van der Waals surface area contributed by atoms with Crippen LogP contribution in [0.15, 0.2) is 24.3 Å². The summed E-state index contributed by atoms with van der Waals surface area (Å²) in [5, 5.41) is 0. The largest absolute Gasteiger partial charge is 0.416 e. The van der Waals surface area contributed by atoms with Crippen molar-refractivity contribution >= 4 is 0 Å². The molecule has 0 unspecified atom stereocenters. The molecule has 0 fully saturated rings. The molecule has 0 aromatic heterocycles. The smallest absolute Gasteiger partial charge is 0.271 e. The van der Waals surface area contributed by atoms with E-state index >= 15 is 0 Å². The first kappa shape index (κ1) is 13.8. The molecule has 0 saturated carbocycles. The molecular weight excluding hydrogens is 250 g/mol. The molecule has 0 radical (unpaired) electrons. The summed E-state index contributed by atoms with van der Waals surface area (Å²) in [4.78, 5) is 0. The molecule has 1 aromatic rings. The summed E-state index contributed by atoms with van der Waals surface area (Å²) >= 11 is 0. The molecule has 0 spiro atoms. The van der Waals surface area contributed by atoms with Crippen LogP contribution in [0.3, 0.4) is 0 Å². The van der Waals surface area contributed by atoms with E-state index in [9.17, 15) is 26.3 Å². The quantitative estimate of drug-likeness (QED) is 0.486. The molecule has 0 amide bonds. The molecule has 8 heteroatoms. The maximum absolute atomic E-state index is 12.4. The lowest BCUT2D eigenvalue weighted by atomic mass is 10.0. The molecule has 0 bridgehead atoms. The first-order chi connectivity index (χ1) is 7.66. The second kappa shape index (κ2) is 4.53. The van der Waals surface area contributed by atoms with Gasteiger partial charge in [-0.3, -0.25) is 5.84 Å². The molecule has 0 aliphatic rings. The summed E-state index contributed by atoms with van der Waals surface area (Å²) in [5.41, 5.74) is 0.114. The van der Waals surface area contributed by atoms with Crippen molar-refractivity contribution in [3.8, 4) is 0 Å². The van der Waals surface area contributed by atoms with E-state index in [1.165, 1.54) is 5.43 Å². The zero-order valence-corrected chi connectivity index (χ0v) is 8.23. The van der Waals surface area contributed by atoms with E-state index in [0.29, 0.717) is 12.1 Å². The van der Waals surface area contributed by atoms with Gasteiger partial charge in [-0.1, -0.05) is 12.1 Å². The fraction of sp³-hybridized carbons (Fsp3) is 0.333. The van der Waals surface area contributed by atoms with Crippen LogP contribution in [0.25, 0.3) is 0 Å². The Balaban J connectivity index is 3.02. The van der Waals surface area contributed by atoms with Gasteiger partial charge in [0.25, 0.3) is 0 Å². The van der Waals surface area contributed by atoms with Crippen LogP contribution in [0.4, 0.5) is 26.3 Å². The van der Waals surface area contributed by atoms with Gasteiger partial charge in [-0.2, -0.15) is 26.3 Å². The van der Waals surface area contributed by atoms with E-state index in [1.807, 2.05) is 0 Å². The minimum absolute atomic E-state index is 0.381. The predicted molar refractivity (Wildman–Crippen MR) is 47.6 cm³/mol. The van der Waals surface area contributed by atoms with E-state index in [1.54, 1.807) is 0 Å². The number of hydrazine groups is 1. The van der Waals surface area contributed by atoms with Crippen LogP contribution in [-0.4, -0.2) is 6.18 Å². The van der Waals surface area contributed by atoms with Gasteiger partial charge in [0.05, 0.1) is 5.56 Å². The Bertz CT molecular complexity index is 367. The van der Waals surface area contributed by atoms with Gasteiger partial charge in [0.15, 0.2) is 0 Å². The van der Waals surface area contributed by atoms with Crippen LogP contribution < -0.4 is 11.3 Å². The lowest BCUT2D eigenvalue weighted by Gasteiger charge is -2.20. The molecule has 1 aromatic carbocycles. The summed E-state index contributed by atoms with van der Waals surface area (Å²) in [7, 11) is 0. The van der Waals surface area contributed by atoms with Gasteiger partial charge in [0.2, 0.25) is 0 Å². The van der Waals surface area contributed by atoms with E-state index in [0.717, 1.165) is 12.1 Å². The first-order valence-corrected chi connectivity index (χ1v) is 4.36. The molecule has 0 heterocycles. The molecule has 17 heavy (non-hydrogen) atoms. The van der Waals surface area contributed by atoms with Crippen LogP contribution in [0.5, 0.6) is 0 Å². The number of benzene rings is 1. The van der Waals surface area contributed by atoms with Crippen molar-refractivity contribution in [3.63, 3.8) is 0 Å². The third-order valence-corrected chi connectivity index (χ3v) is 2.07. The maximum Gasteiger partial charge on any atom is 0.416 e. The second-order valence-electron chi connectivity index (χ2n) is 3.26. The second-order valence-corrected chi connectivity index (χ2v) is 3.26. The number of nitrogens with two attached hydrogens (primary N) is 1. The predicted octanol–water partition coefficient (Wildman–Crippen LogP) is 2.77. The average Bonchev–Trinajstić information content (AvgIpc) is 2.16. The van der Waals surface area contributed by atoms with Crippen molar-refractivity contribution in [2.75, 3.05) is 0 Å². The molecule has 2 nitrogen and oxygen atoms in total. The Morgan fingerprint density at radius 1 is 0.941 bits per heavy atom. The van der Waals surface area contributed by atoms with Crippen molar-refractivity contribution in [1.82, 2.24) is 5.43 Å². The summed E-state index contributed by atoms with van der Waals surface area (Å²) in [5.74, 6) is 4.72. The van der Waals surface area contributed by atoms with E-state index < -0.39 is 24.0 Å². The Hall–Kier alpha value is -1.28. The van der Waals surface area contributed by atoms with Crippen molar-refractivity contribution in [3.05, 3.63) is 35.4 Å². The van der Waals surface area contributed by atoms with Gasteiger partial charge in [-0.25, -0.2) is 5.43 Å². The van der Waals surface area contributed by atoms with Gasteiger partial charge >= 0.3 is 12.4 Å². The zero-order chi connectivity index (χ0) is 13.3. The van der Waals surface area contributed by atoms with Crippen LogP contribution in [0.1, 0.15) is 17.2 Å². The number of alkyl halides is 6. The van der Waals surface area contributed by atoms with Gasteiger partial charge in [-0.05, 0) is 17.7 Å². The third kappa shape index (κ3) is 3.34. The van der Waals surface area contributed by atoms with Crippen molar-refractivity contribution in [1.29, 1.82) is 0 Å². The van der Waals surface area contributed by atoms with Crippen LogP contribution in [0.2, 0.25) is 0 Å². The Labute approximate surface area is 92.4 Å². The molecule has 96 valence electrons. The molecule has 1 atom stereocenters. The molecule has 0 aliphatic carbocycles. The maximum atomic E-state index is 12.4. The number of halogens is 6. The van der Waals surface area contributed by atoms with Crippen molar-refractivity contribution < 1.29 is 26.3 Å². The minimum atomic E-state index is -4.67. The van der Waals surface area contributed by atoms with Crippen molar-refractivity contribution in [2.24, 2.45) is 5.84 Å². The fourth-order valence-corrected chi connectivity index (χ4v) is 1.24. The summed E-state index contributed by atoms with van der Waals surface area (Å²) in [6.45, 7) is 0. The SMILES string of the molecule is NN[C@@H](c1ccc(C(F)(F)F)cc1)C(F)(F)F. The van der Waals surface area contributed by atoms with Gasteiger partial charge < -0.3 is 0 Å². The highest BCUT2D eigenvalue weighted by atomic mass is 19.4. The summed E-state index contributed by atoms with van der Waals surface area (Å²) in [6, 6.07) is 0.434. The van der Waals surface area contributed by atoms with Gasteiger partial charge in [0, 0.05) is 0 Å². The monoisotopic (exact) mass is 258 g/mol.